The predicted molar refractivity (Wildman–Crippen MR) is 80.2 cm³/mol. The topological polar surface area (TPSA) is 37.4 Å². The van der Waals surface area contributed by atoms with Gasteiger partial charge in [0.25, 0.3) is 0 Å². The predicted octanol–water partition coefficient (Wildman–Crippen LogP) is 3.22. The molecule has 1 aliphatic carbocycles. The molecule has 0 amide bonds. The second kappa shape index (κ2) is 4.51. The molecule has 1 aromatic rings. The Morgan fingerprint density at radius 1 is 1.21 bits per heavy atom. The zero-order chi connectivity index (χ0) is 14.4. The number of benzene rings is 1. The lowest BCUT2D eigenvalue weighted by molar-refractivity contribution is 0.583. The van der Waals surface area contributed by atoms with Crippen molar-refractivity contribution in [3.05, 3.63) is 29.3 Å². The summed E-state index contributed by atoms with van der Waals surface area (Å²) in [7, 11) is -1.51. The highest BCUT2D eigenvalue weighted by molar-refractivity contribution is 7.93. The van der Waals surface area contributed by atoms with E-state index in [2.05, 4.69) is 20.8 Å². The molecule has 0 unspecified atom stereocenters. The van der Waals surface area contributed by atoms with Crippen molar-refractivity contribution in [2.24, 2.45) is 0 Å². The van der Waals surface area contributed by atoms with E-state index < -0.39 is 10.0 Å². The van der Waals surface area contributed by atoms with Crippen LogP contribution in [0.2, 0.25) is 0 Å². The van der Waals surface area contributed by atoms with Crippen molar-refractivity contribution >= 4 is 15.7 Å². The first kappa shape index (κ1) is 14.4. The fraction of sp³-hybridized carbons (Fsp3) is 0.600. The number of anilines is 1. The highest BCUT2D eigenvalue weighted by atomic mass is 32.2. The minimum absolute atomic E-state index is 0.0731. The van der Waals surface area contributed by atoms with E-state index >= 15 is 0 Å². The van der Waals surface area contributed by atoms with Crippen LogP contribution in [0.5, 0.6) is 0 Å². The van der Waals surface area contributed by atoms with Gasteiger partial charge in [0.2, 0.25) is 10.0 Å². The molecule has 0 heterocycles. The monoisotopic (exact) mass is 281 g/mol. The van der Waals surface area contributed by atoms with Crippen LogP contribution in [0.3, 0.4) is 0 Å². The van der Waals surface area contributed by atoms with Gasteiger partial charge in [-0.15, -0.1) is 0 Å². The summed E-state index contributed by atoms with van der Waals surface area (Å²) in [6.45, 7) is 8.32. The van der Waals surface area contributed by atoms with E-state index in [4.69, 9.17) is 0 Å². The number of sulfonamides is 1. The van der Waals surface area contributed by atoms with Gasteiger partial charge in [0.15, 0.2) is 0 Å². The molecule has 0 saturated heterocycles. The van der Waals surface area contributed by atoms with Gasteiger partial charge in [0.05, 0.1) is 10.9 Å². The van der Waals surface area contributed by atoms with E-state index in [1.807, 2.05) is 25.1 Å². The van der Waals surface area contributed by atoms with Crippen molar-refractivity contribution < 1.29 is 8.42 Å². The maximum Gasteiger partial charge on any atom is 0.237 e. The highest BCUT2D eigenvalue weighted by Gasteiger charge is 2.39. The Morgan fingerprint density at radius 3 is 2.26 bits per heavy atom. The van der Waals surface area contributed by atoms with Crippen LogP contribution in [0.1, 0.15) is 44.7 Å². The second-order valence-corrected chi connectivity index (χ2v) is 8.73. The molecule has 0 aromatic heterocycles. The molecule has 1 fully saturated rings. The van der Waals surface area contributed by atoms with Crippen molar-refractivity contribution in [1.82, 2.24) is 0 Å². The van der Waals surface area contributed by atoms with Crippen LogP contribution in [-0.4, -0.2) is 20.7 Å². The Morgan fingerprint density at radius 2 is 1.79 bits per heavy atom. The van der Waals surface area contributed by atoms with Crippen molar-refractivity contribution in [2.45, 2.75) is 51.2 Å². The lowest BCUT2D eigenvalue weighted by Crippen LogP contribution is -2.32. The van der Waals surface area contributed by atoms with Gasteiger partial charge in [0, 0.05) is 7.05 Å². The van der Waals surface area contributed by atoms with E-state index in [9.17, 15) is 8.42 Å². The molecule has 106 valence electrons. The van der Waals surface area contributed by atoms with Crippen molar-refractivity contribution in [3.8, 4) is 0 Å². The molecule has 3 nitrogen and oxygen atoms in total. The summed E-state index contributed by atoms with van der Waals surface area (Å²) < 4.78 is 26.3. The molecule has 1 aliphatic rings. The van der Waals surface area contributed by atoms with Crippen LogP contribution < -0.4 is 4.31 Å². The fourth-order valence-corrected chi connectivity index (χ4v) is 3.87. The van der Waals surface area contributed by atoms with Crippen LogP contribution in [0.4, 0.5) is 5.69 Å². The van der Waals surface area contributed by atoms with Gasteiger partial charge in [-0.2, -0.15) is 0 Å². The molecule has 1 aromatic carbocycles. The minimum atomic E-state index is -3.19. The van der Waals surface area contributed by atoms with Gasteiger partial charge in [-0.25, -0.2) is 8.42 Å². The van der Waals surface area contributed by atoms with E-state index in [0.717, 1.165) is 29.7 Å². The minimum Gasteiger partial charge on any atom is -0.273 e. The number of rotatable bonds is 3. The first-order valence-corrected chi connectivity index (χ1v) is 8.23. The zero-order valence-electron chi connectivity index (χ0n) is 12.4. The Hall–Kier alpha value is -1.03. The summed E-state index contributed by atoms with van der Waals surface area (Å²) in [4.78, 5) is 0. The van der Waals surface area contributed by atoms with Crippen LogP contribution in [-0.2, 0) is 15.4 Å². The van der Waals surface area contributed by atoms with Crippen LogP contribution in [0.25, 0.3) is 0 Å². The third-order valence-corrected chi connectivity index (χ3v) is 5.90. The molecule has 4 heteroatoms. The third-order valence-electron chi connectivity index (χ3n) is 3.63. The smallest absolute Gasteiger partial charge is 0.237 e. The molecule has 0 radical (unpaired) electrons. The standard InChI is InChI=1S/C15H23NO2S/c1-11-6-9-13(15(2,3)4)14(10-11)16(5)19(17,18)12-7-8-12/h6,9-10,12H,7-8H2,1-5H3. The van der Waals surface area contributed by atoms with Crippen LogP contribution in [0, 0.1) is 6.92 Å². The fourth-order valence-electron chi connectivity index (χ4n) is 2.26. The summed E-state index contributed by atoms with van der Waals surface area (Å²) >= 11 is 0. The SMILES string of the molecule is Cc1ccc(C(C)(C)C)c(N(C)S(=O)(=O)C2CC2)c1. The van der Waals surface area contributed by atoms with Gasteiger partial charge < -0.3 is 0 Å². The third kappa shape index (κ3) is 2.78. The maximum absolute atomic E-state index is 12.4. The Balaban J connectivity index is 2.52. The highest BCUT2D eigenvalue weighted by Crippen LogP contribution is 2.37. The number of hydrogen-bond acceptors (Lipinski definition) is 2. The summed E-state index contributed by atoms with van der Waals surface area (Å²) in [5.41, 5.74) is 2.90. The number of aryl methyl sites for hydroxylation is 1. The Kier molecular flexibility index (Phi) is 3.42. The van der Waals surface area contributed by atoms with E-state index in [0.29, 0.717) is 0 Å². The molecule has 2 rings (SSSR count). The average Bonchev–Trinajstić information content (AvgIpc) is 3.10. The first-order chi connectivity index (χ1) is 8.64. The van der Waals surface area contributed by atoms with Gasteiger partial charge in [-0.05, 0) is 42.4 Å². The van der Waals surface area contributed by atoms with Crippen LogP contribution in [0.15, 0.2) is 18.2 Å². The molecule has 1 saturated carbocycles. The van der Waals surface area contributed by atoms with E-state index in [1.54, 1.807) is 7.05 Å². The Labute approximate surface area is 116 Å². The van der Waals surface area contributed by atoms with Crippen molar-refractivity contribution in [1.29, 1.82) is 0 Å². The molecule has 0 aliphatic heterocycles. The van der Waals surface area contributed by atoms with Crippen molar-refractivity contribution in [2.75, 3.05) is 11.4 Å². The summed E-state index contributed by atoms with van der Waals surface area (Å²) in [6.07, 6.45) is 1.59. The van der Waals surface area contributed by atoms with Gasteiger partial charge in [0.1, 0.15) is 0 Å². The molecule has 0 bridgehead atoms. The molecule has 0 N–H and O–H groups in total. The van der Waals surface area contributed by atoms with Crippen molar-refractivity contribution in [3.63, 3.8) is 0 Å². The number of nitrogens with zero attached hydrogens (tertiary/aromatic N) is 1. The summed E-state index contributed by atoms with van der Waals surface area (Å²) in [5, 5.41) is -0.175. The average molecular weight is 281 g/mol. The van der Waals surface area contributed by atoms with Gasteiger partial charge >= 0.3 is 0 Å². The van der Waals surface area contributed by atoms with Gasteiger partial charge in [-0.1, -0.05) is 32.9 Å². The van der Waals surface area contributed by atoms with Gasteiger partial charge in [-0.3, -0.25) is 4.31 Å². The lowest BCUT2D eigenvalue weighted by atomic mass is 9.85. The molecule has 0 spiro atoms. The number of hydrogen-bond donors (Lipinski definition) is 0. The van der Waals surface area contributed by atoms with Crippen LogP contribution >= 0.6 is 0 Å². The lowest BCUT2D eigenvalue weighted by Gasteiger charge is -2.29. The Bertz CT molecular complexity index is 581. The molecule has 19 heavy (non-hydrogen) atoms. The molecule has 0 atom stereocenters. The van der Waals surface area contributed by atoms with E-state index in [1.165, 1.54) is 4.31 Å². The molecular formula is C15H23NO2S. The second-order valence-electron chi connectivity index (χ2n) is 6.48. The largest absolute Gasteiger partial charge is 0.273 e. The summed E-state index contributed by atoms with van der Waals surface area (Å²) in [6, 6.07) is 6.06. The van der Waals surface area contributed by atoms with E-state index in [-0.39, 0.29) is 10.7 Å². The quantitative estimate of drug-likeness (QED) is 0.853. The zero-order valence-corrected chi connectivity index (χ0v) is 13.2. The molecular weight excluding hydrogens is 258 g/mol. The normalized spacial score (nSPS) is 16.5. The first-order valence-electron chi connectivity index (χ1n) is 6.73. The maximum atomic E-state index is 12.4. The summed E-state index contributed by atoms with van der Waals surface area (Å²) in [5.74, 6) is 0.